The largest absolute Gasteiger partial charge is 0.444 e. The fourth-order valence-electron chi connectivity index (χ4n) is 6.98. The number of nitrogens with zero attached hydrogens (tertiary/aromatic N) is 3. The minimum absolute atomic E-state index is 0.0192. The van der Waals surface area contributed by atoms with Crippen molar-refractivity contribution in [1.29, 1.82) is 0 Å². The van der Waals surface area contributed by atoms with Crippen LogP contribution in [0.25, 0.3) is 10.9 Å². The fourth-order valence-corrected chi connectivity index (χ4v) is 6.98. The number of piperidine rings is 1. The predicted molar refractivity (Wildman–Crippen MR) is 215 cm³/mol. The van der Waals surface area contributed by atoms with Gasteiger partial charge in [0.2, 0.25) is 23.6 Å². The first-order valence-electron chi connectivity index (χ1n) is 19.6. The van der Waals surface area contributed by atoms with Crippen molar-refractivity contribution in [2.45, 2.75) is 115 Å². The van der Waals surface area contributed by atoms with E-state index in [9.17, 15) is 33.9 Å². The SMILES string of the molecule is CC(C)(C)OC(=O)NCC(=O)N[C@H]1CCN(C(=O)OC(C)(C)C)[C@H](C(=O)N2C[C@H](NC(=O)[C@H](O)CCc3ccccc3)C[C@H]2C(=O)Nc2cnc3ccccc3c2)C1. The molecule has 0 aliphatic carbocycles. The maximum atomic E-state index is 14.8. The second kappa shape index (κ2) is 18.7. The van der Waals surface area contributed by atoms with Crippen molar-refractivity contribution in [2.24, 2.45) is 0 Å². The molecule has 5 rings (SSSR count). The molecular formula is C42H55N7O9. The zero-order valence-electron chi connectivity index (χ0n) is 33.9. The smallest absolute Gasteiger partial charge is 0.410 e. The Bertz CT molecular complexity index is 1960. The summed E-state index contributed by atoms with van der Waals surface area (Å²) in [5, 5.41) is 22.5. The number of para-hydroxylation sites is 1. The van der Waals surface area contributed by atoms with E-state index in [0.717, 1.165) is 16.5 Å². The Morgan fingerprint density at radius 1 is 0.845 bits per heavy atom. The van der Waals surface area contributed by atoms with E-state index < -0.39 is 77.3 Å². The average molecular weight is 802 g/mol. The Hall–Kier alpha value is -5.77. The fraction of sp³-hybridized carbons (Fsp3) is 0.500. The van der Waals surface area contributed by atoms with Crippen LogP contribution < -0.4 is 21.3 Å². The summed E-state index contributed by atoms with van der Waals surface area (Å²) in [7, 11) is 0. The molecule has 5 N–H and O–H groups in total. The highest BCUT2D eigenvalue weighted by molar-refractivity contribution is 6.00. The molecule has 2 aliphatic rings. The minimum atomic E-state index is -1.34. The van der Waals surface area contributed by atoms with Crippen LogP contribution in [-0.2, 0) is 35.1 Å². The van der Waals surface area contributed by atoms with Crippen LogP contribution in [-0.4, -0.2) is 117 Å². The van der Waals surface area contributed by atoms with E-state index in [1.807, 2.05) is 54.6 Å². The molecule has 5 atom stereocenters. The van der Waals surface area contributed by atoms with Gasteiger partial charge in [0.15, 0.2) is 0 Å². The monoisotopic (exact) mass is 801 g/mol. The first kappa shape index (κ1) is 43.4. The number of benzene rings is 2. The second-order valence-electron chi connectivity index (χ2n) is 16.7. The van der Waals surface area contributed by atoms with E-state index in [0.29, 0.717) is 12.1 Å². The third-order valence-corrected chi connectivity index (χ3v) is 9.62. The standard InChI is InChI=1S/C42H55N7O9/c1-41(2,3)57-39(55)44-24-35(51)45-28-18-19-48(40(56)58-42(4,5)6)33(21-28)38(54)49-25-30(47-37(53)34(50)17-16-26-12-8-7-9-13-26)22-32(49)36(52)46-29-20-27-14-10-11-15-31(27)43-23-29/h7-15,20,23,28,30,32-34,50H,16-19,21-22,24-25H2,1-6H3,(H,44,55)(H,45,51)(H,46,52)(H,47,53)/t28-,30+,32-,33-,34+/m0/s1. The third-order valence-electron chi connectivity index (χ3n) is 9.62. The Balaban J connectivity index is 1.35. The number of fused-ring (bicyclic) bond motifs is 1. The van der Waals surface area contributed by atoms with E-state index >= 15 is 0 Å². The molecule has 2 aliphatic heterocycles. The lowest BCUT2D eigenvalue weighted by atomic mass is 9.95. The zero-order chi connectivity index (χ0) is 42.2. The molecule has 1 aromatic heterocycles. The molecule has 3 aromatic rings. The number of anilines is 1. The molecule has 58 heavy (non-hydrogen) atoms. The van der Waals surface area contributed by atoms with Gasteiger partial charge in [0, 0.05) is 30.6 Å². The number of carbonyl (C=O) groups excluding carboxylic acids is 6. The number of pyridine rings is 1. The minimum Gasteiger partial charge on any atom is -0.444 e. The third kappa shape index (κ3) is 12.4. The van der Waals surface area contributed by atoms with Crippen molar-refractivity contribution in [3.05, 3.63) is 72.4 Å². The van der Waals surface area contributed by atoms with Crippen LogP contribution in [0.2, 0.25) is 0 Å². The van der Waals surface area contributed by atoms with Gasteiger partial charge in [-0.05, 0) is 91.3 Å². The number of hydrogen-bond donors (Lipinski definition) is 5. The summed E-state index contributed by atoms with van der Waals surface area (Å²) in [6.45, 7) is 9.77. The van der Waals surface area contributed by atoms with E-state index in [1.165, 1.54) is 16.0 Å². The van der Waals surface area contributed by atoms with E-state index in [4.69, 9.17) is 9.47 Å². The lowest BCUT2D eigenvalue weighted by Gasteiger charge is -2.41. The molecule has 6 amide bonds. The highest BCUT2D eigenvalue weighted by Gasteiger charge is 2.47. The number of nitrogens with one attached hydrogen (secondary N) is 4. The van der Waals surface area contributed by atoms with Gasteiger partial charge in [0.05, 0.1) is 17.4 Å². The normalized spacial score (nSPS) is 20.1. The number of aromatic nitrogens is 1. The summed E-state index contributed by atoms with van der Waals surface area (Å²) in [6, 6.07) is 15.0. The summed E-state index contributed by atoms with van der Waals surface area (Å²) >= 11 is 0. The molecule has 312 valence electrons. The van der Waals surface area contributed by atoms with Crippen molar-refractivity contribution >= 4 is 52.4 Å². The second-order valence-corrected chi connectivity index (χ2v) is 16.7. The molecule has 2 saturated heterocycles. The molecule has 0 bridgehead atoms. The Morgan fingerprint density at radius 2 is 1.52 bits per heavy atom. The van der Waals surface area contributed by atoms with Gasteiger partial charge < -0.3 is 40.7 Å². The van der Waals surface area contributed by atoms with Crippen LogP contribution >= 0.6 is 0 Å². The van der Waals surface area contributed by atoms with Gasteiger partial charge >= 0.3 is 12.2 Å². The van der Waals surface area contributed by atoms with Crippen molar-refractivity contribution in [1.82, 2.24) is 30.7 Å². The van der Waals surface area contributed by atoms with Crippen LogP contribution in [0.3, 0.4) is 0 Å². The van der Waals surface area contributed by atoms with Crippen LogP contribution in [0.4, 0.5) is 15.3 Å². The molecule has 2 aromatic carbocycles. The number of ether oxygens (including phenoxy) is 2. The summed E-state index contributed by atoms with van der Waals surface area (Å²) in [6.07, 6.45) is -0.425. The number of aliphatic hydroxyl groups is 1. The number of aliphatic hydroxyl groups excluding tert-OH is 1. The summed E-state index contributed by atoms with van der Waals surface area (Å²) < 4.78 is 10.9. The molecule has 16 heteroatoms. The Kier molecular flexibility index (Phi) is 13.9. The van der Waals surface area contributed by atoms with Crippen LogP contribution in [0.15, 0.2) is 66.9 Å². The quantitative estimate of drug-likeness (QED) is 0.190. The lowest BCUT2D eigenvalue weighted by Crippen LogP contribution is -2.60. The highest BCUT2D eigenvalue weighted by atomic mass is 16.6. The molecule has 0 spiro atoms. The van der Waals surface area contributed by atoms with Gasteiger partial charge in [-0.25, -0.2) is 9.59 Å². The van der Waals surface area contributed by atoms with Gasteiger partial charge in [0.1, 0.15) is 35.9 Å². The van der Waals surface area contributed by atoms with Gasteiger partial charge in [-0.1, -0.05) is 48.5 Å². The van der Waals surface area contributed by atoms with Gasteiger partial charge in [-0.2, -0.15) is 0 Å². The summed E-state index contributed by atoms with van der Waals surface area (Å²) in [5.74, 6) is -2.29. The zero-order valence-corrected chi connectivity index (χ0v) is 33.9. The highest BCUT2D eigenvalue weighted by Crippen LogP contribution is 2.28. The number of carbonyl (C=O) groups is 6. The molecule has 3 heterocycles. The topological polar surface area (TPSA) is 209 Å². The first-order valence-corrected chi connectivity index (χ1v) is 19.6. The van der Waals surface area contributed by atoms with Gasteiger partial charge in [-0.3, -0.25) is 29.1 Å². The maximum Gasteiger partial charge on any atom is 0.410 e. The van der Waals surface area contributed by atoms with Crippen molar-refractivity contribution in [3.8, 4) is 0 Å². The number of hydrogen-bond acceptors (Lipinski definition) is 10. The molecule has 0 saturated carbocycles. The van der Waals surface area contributed by atoms with Gasteiger partial charge in [-0.15, -0.1) is 0 Å². The summed E-state index contributed by atoms with van der Waals surface area (Å²) in [5.41, 5.74) is 0.444. The molecule has 0 radical (unpaired) electrons. The lowest BCUT2D eigenvalue weighted by molar-refractivity contribution is -0.143. The van der Waals surface area contributed by atoms with Crippen LogP contribution in [0.5, 0.6) is 0 Å². The number of aryl methyl sites for hydroxylation is 1. The van der Waals surface area contributed by atoms with Crippen molar-refractivity contribution < 1.29 is 43.3 Å². The number of alkyl carbamates (subject to hydrolysis) is 1. The maximum absolute atomic E-state index is 14.8. The van der Waals surface area contributed by atoms with Gasteiger partial charge in [0.25, 0.3) is 0 Å². The molecule has 2 fully saturated rings. The number of likely N-dealkylation sites (tertiary alicyclic amines) is 2. The molecule has 0 unspecified atom stereocenters. The average Bonchev–Trinajstić information content (AvgIpc) is 3.58. The number of amides is 6. The van der Waals surface area contributed by atoms with Crippen molar-refractivity contribution in [2.75, 3.05) is 25.0 Å². The molecular weight excluding hydrogens is 747 g/mol. The van der Waals surface area contributed by atoms with E-state index in [-0.39, 0.29) is 45.3 Å². The van der Waals surface area contributed by atoms with E-state index in [1.54, 1.807) is 47.6 Å². The first-order chi connectivity index (χ1) is 27.3. The van der Waals surface area contributed by atoms with Crippen molar-refractivity contribution in [3.63, 3.8) is 0 Å². The Labute approximate surface area is 338 Å². The number of rotatable bonds is 11. The van der Waals surface area contributed by atoms with E-state index in [2.05, 4.69) is 26.3 Å². The van der Waals surface area contributed by atoms with Crippen LogP contribution in [0, 0.1) is 0 Å². The van der Waals surface area contributed by atoms with Crippen LogP contribution in [0.1, 0.15) is 72.8 Å². The Morgan fingerprint density at radius 3 is 2.22 bits per heavy atom. The predicted octanol–water partition coefficient (Wildman–Crippen LogP) is 3.66. The molecule has 16 nitrogen and oxygen atoms in total. The summed E-state index contributed by atoms with van der Waals surface area (Å²) in [4.78, 5) is 87.9.